The molecule has 0 unspecified atom stereocenters. The first-order valence-corrected chi connectivity index (χ1v) is 14.2. The Bertz CT molecular complexity index is 800. The van der Waals surface area contributed by atoms with E-state index >= 15 is 0 Å². The van der Waals surface area contributed by atoms with E-state index in [4.69, 9.17) is 4.55 Å². The van der Waals surface area contributed by atoms with Gasteiger partial charge in [-0.25, -0.2) is 0 Å². The number of hydrogen-bond donors (Lipinski definition) is 1. The molecule has 0 aliphatic heterocycles. The number of benzene rings is 2. The minimum Gasteiger partial charge on any atom is -0.343 e. The second kappa shape index (κ2) is 20.9. The third-order valence-electron chi connectivity index (χ3n) is 5.88. The Labute approximate surface area is 226 Å². The molecule has 33 heavy (non-hydrogen) atoms. The molecule has 0 aliphatic rings. The van der Waals surface area contributed by atoms with Crippen LogP contribution in [0.1, 0.15) is 110 Å². The maximum atomic E-state index is 11.0. The maximum Gasteiger partial charge on any atom is 1.00 e. The van der Waals surface area contributed by atoms with Gasteiger partial charge < -0.3 is 6.92 Å². The topological polar surface area (TPSA) is 54.4 Å². The van der Waals surface area contributed by atoms with E-state index in [0.717, 1.165) is 11.8 Å². The number of rotatable bonds is 16. The molecule has 1 N–H and O–H groups in total. The van der Waals surface area contributed by atoms with Gasteiger partial charge in [0, 0.05) is 5.39 Å². The number of unbranched alkanes of at least 4 members (excludes halogenated alkanes) is 15. The zero-order valence-electron chi connectivity index (χ0n) is 21.2. The molecule has 0 spiro atoms. The number of fused-ring (bicyclic) bond motifs is 1. The van der Waals surface area contributed by atoms with Crippen LogP contribution in [0.15, 0.2) is 47.4 Å². The fourth-order valence-electron chi connectivity index (χ4n) is 3.97. The Morgan fingerprint density at radius 3 is 1.55 bits per heavy atom. The molecule has 2 aromatic rings. The first-order chi connectivity index (χ1) is 15.5. The Morgan fingerprint density at radius 2 is 1.09 bits per heavy atom. The molecule has 0 bridgehead atoms. The van der Waals surface area contributed by atoms with Gasteiger partial charge in [-0.2, -0.15) is 14.8 Å². The second-order valence-electron chi connectivity index (χ2n) is 8.76. The molecule has 0 aliphatic carbocycles. The van der Waals surface area contributed by atoms with E-state index < -0.39 is 10.1 Å². The van der Waals surface area contributed by atoms with Gasteiger partial charge in [0.2, 0.25) is 0 Å². The second-order valence-corrected chi connectivity index (χ2v) is 10.1. The summed E-state index contributed by atoms with van der Waals surface area (Å²) < 4.78 is 31.0. The molecule has 0 saturated carbocycles. The van der Waals surface area contributed by atoms with E-state index in [1.54, 1.807) is 30.3 Å². The first kappa shape index (κ1) is 32.6. The van der Waals surface area contributed by atoms with Gasteiger partial charge in [-0.15, -0.1) is 0 Å². The van der Waals surface area contributed by atoms with E-state index in [-0.39, 0.29) is 34.5 Å². The molecule has 2 rings (SSSR count). The summed E-state index contributed by atoms with van der Waals surface area (Å²) >= 11 is 0. The molecule has 0 atom stereocenters. The van der Waals surface area contributed by atoms with E-state index in [2.05, 4.69) is 13.8 Å². The molecule has 0 fully saturated rings. The van der Waals surface area contributed by atoms with Crippen molar-refractivity contribution >= 4 is 20.9 Å². The van der Waals surface area contributed by atoms with Crippen molar-refractivity contribution in [3.63, 3.8) is 0 Å². The summed E-state index contributed by atoms with van der Waals surface area (Å²) in [4.78, 5) is -0.0457. The molecule has 0 heterocycles. The summed E-state index contributed by atoms with van der Waals surface area (Å²) in [7, 11) is -4.13. The molecule has 5 heteroatoms. The van der Waals surface area contributed by atoms with Crippen molar-refractivity contribution in [2.24, 2.45) is 0 Å². The van der Waals surface area contributed by atoms with E-state index in [1.165, 1.54) is 102 Å². The SMILES string of the molecule is O=S(=O)(O)c1cccc2ccccc12.[CH2-]CCCCCCCCCCCCCCCCC.[Na+]. The maximum absolute atomic E-state index is 11.0. The van der Waals surface area contributed by atoms with Crippen molar-refractivity contribution in [2.75, 3.05) is 0 Å². The average Bonchev–Trinajstić information content (AvgIpc) is 2.79. The summed E-state index contributed by atoms with van der Waals surface area (Å²) in [5, 5.41) is 1.33. The fraction of sp³-hybridized carbons (Fsp3) is 0.607. The summed E-state index contributed by atoms with van der Waals surface area (Å²) in [5.41, 5.74) is 0. The summed E-state index contributed by atoms with van der Waals surface area (Å²) in [6.45, 7) is 6.18. The predicted octanol–water partition coefficient (Wildman–Crippen LogP) is 6.17. The molecule has 0 amide bonds. The molecule has 0 saturated heterocycles. The zero-order valence-corrected chi connectivity index (χ0v) is 24.1. The van der Waals surface area contributed by atoms with E-state index in [9.17, 15) is 8.42 Å². The van der Waals surface area contributed by atoms with Crippen molar-refractivity contribution in [1.82, 2.24) is 0 Å². The smallest absolute Gasteiger partial charge is 0.343 e. The fourth-order valence-corrected chi connectivity index (χ4v) is 4.68. The van der Waals surface area contributed by atoms with Gasteiger partial charge in [-0.3, -0.25) is 4.55 Å². The van der Waals surface area contributed by atoms with E-state index in [1.807, 2.05) is 6.07 Å². The van der Waals surface area contributed by atoms with Crippen molar-refractivity contribution in [1.29, 1.82) is 0 Å². The average molecular weight is 485 g/mol. The molecule has 3 nitrogen and oxygen atoms in total. The molecule has 0 radical (unpaired) electrons. The molecular formula is C28H45NaO3S. The monoisotopic (exact) mass is 484 g/mol. The molecule has 2 aromatic carbocycles. The van der Waals surface area contributed by atoms with Crippen molar-refractivity contribution < 1.29 is 42.5 Å². The van der Waals surface area contributed by atoms with Crippen LogP contribution in [0, 0.1) is 6.92 Å². The third kappa shape index (κ3) is 16.0. The molecule has 182 valence electrons. The van der Waals surface area contributed by atoms with Gasteiger partial charge in [-0.1, -0.05) is 140 Å². The van der Waals surface area contributed by atoms with Crippen molar-refractivity contribution in [3.05, 3.63) is 49.4 Å². The van der Waals surface area contributed by atoms with Crippen LogP contribution in [0.25, 0.3) is 10.8 Å². The largest absolute Gasteiger partial charge is 1.00 e. The van der Waals surface area contributed by atoms with Crippen LogP contribution in [0.3, 0.4) is 0 Å². The summed E-state index contributed by atoms with van der Waals surface area (Å²) in [5.74, 6) is 0. The van der Waals surface area contributed by atoms with Crippen LogP contribution >= 0.6 is 0 Å². The van der Waals surface area contributed by atoms with Crippen molar-refractivity contribution in [2.45, 2.75) is 115 Å². The van der Waals surface area contributed by atoms with Gasteiger partial charge in [0.25, 0.3) is 10.1 Å². The van der Waals surface area contributed by atoms with Gasteiger partial charge in [-0.05, 0) is 11.5 Å². The zero-order chi connectivity index (χ0) is 23.5. The van der Waals surface area contributed by atoms with Crippen LogP contribution in [-0.2, 0) is 10.1 Å². The normalized spacial score (nSPS) is 11.0. The van der Waals surface area contributed by atoms with Crippen LogP contribution in [0.5, 0.6) is 0 Å². The van der Waals surface area contributed by atoms with Crippen LogP contribution in [0.4, 0.5) is 0 Å². The Hall–Kier alpha value is -0.390. The Kier molecular flexibility index (Phi) is 20.7. The van der Waals surface area contributed by atoms with Gasteiger partial charge in [0.05, 0.1) is 0 Å². The third-order valence-corrected chi connectivity index (χ3v) is 6.79. The van der Waals surface area contributed by atoms with Gasteiger partial charge in [0.15, 0.2) is 0 Å². The number of hydrogen-bond acceptors (Lipinski definition) is 2. The molecular weight excluding hydrogens is 439 g/mol. The van der Waals surface area contributed by atoms with Gasteiger partial charge >= 0.3 is 29.6 Å². The van der Waals surface area contributed by atoms with Crippen LogP contribution < -0.4 is 29.6 Å². The predicted molar refractivity (Wildman–Crippen MR) is 139 cm³/mol. The standard InChI is InChI=1S/C18H37.C10H8O3S.Na/c1-3-5-7-9-11-13-15-17-18-16-14-12-10-8-6-4-2;11-14(12,13)10-7-3-5-8-4-1-2-6-9(8)10;/h1,3-18H2,2H3;1-7H,(H,11,12,13);/q-1;;+1. The summed E-state index contributed by atoms with van der Waals surface area (Å²) in [6.07, 6.45) is 22.8. The minimum absolute atomic E-state index is 0. The Morgan fingerprint density at radius 1 is 0.667 bits per heavy atom. The first-order valence-electron chi connectivity index (χ1n) is 12.7. The van der Waals surface area contributed by atoms with Crippen LogP contribution in [0.2, 0.25) is 0 Å². The summed E-state index contributed by atoms with van der Waals surface area (Å²) in [6, 6.07) is 11.8. The Balaban J connectivity index is 0.000000615. The van der Waals surface area contributed by atoms with Gasteiger partial charge in [0.1, 0.15) is 4.90 Å². The van der Waals surface area contributed by atoms with Crippen LogP contribution in [-0.4, -0.2) is 13.0 Å². The van der Waals surface area contributed by atoms with Crippen molar-refractivity contribution in [3.8, 4) is 0 Å². The molecule has 0 aromatic heterocycles. The minimum atomic E-state index is -4.13. The van der Waals surface area contributed by atoms with E-state index in [0.29, 0.717) is 5.39 Å². The quantitative estimate of drug-likeness (QED) is 0.134.